The highest BCUT2D eigenvalue weighted by Crippen LogP contribution is 2.26. The average molecular weight is 305 g/mol. The molecule has 2 N–H and O–H groups in total. The Kier molecular flexibility index (Phi) is 7.85. The second kappa shape index (κ2) is 8.85. The lowest BCUT2D eigenvalue weighted by molar-refractivity contribution is -0.139. The molecule has 2 aliphatic rings. The summed E-state index contributed by atoms with van der Waals surface area (Å²) in [5.41, 5.74) is 0. The fourth-order valence-electron chi connectivity index (χ4n) is 2.93. The van der Waals surface area contributed by atoms with Crippen LogP contribution in [-0.2, 0) is 9.53 Å². The van der Waals surface area contributed by atoms with E-state index in [2.05, 4.69) is 17.6 Å². The Bertz CT molecular complexity index is 298. The lowest BCUT2D eigenvalue weighted by Gasteiger charge is -2.31. The first kappa shape index (κ1) is 17.7. The standard InChI is InChI=1S/C15H28N2O2.ClH/c1-3-14(15(18)17-10-12-8-16-9-12)19-13-6-4-5-11(2)7-13;/h11-14,16H,3-10H2,1-2H3,(H,17,18);1H. The molecule has 1 saturated carbocycles. The maximum absolute atomic E-state index is 12.1. The summed E-state index contributed by atoms with van der Waals surface area (Å²) in [6, 6.07) is 0. The summed E-state index contributed by atoms with van der Waals surface area (Å²) < 4.78 is 6.03. The van der Waals surface area contributed by atoms with E-state index >= 15 is 0 Å². The highest BCUT2D eigenvalue weighted by molar-refractivity contribution is 5.85. The summed E-state index contributed by atoms with van der Waals surface area (Å²) in [5.74, 6) is 1.42. The Morgan fingerprint density at radius 3 is 2.70 bits per heavy atom. The normalized spacial score (nSPS) is 28.1. The molecule has 5 heteroatoms. The van der Waals surface area contributed by atoms with Crippen LogP contribution in [0.1, 0.15) is 46.0 Å². The molecular weight excluding hydrogens is 276 g/mol. The second-order valence-corrected chi connectivity index (χ2v) is 6.20. The number of nitrogens with one attached hydrogen (secondary N) is 2. The van der Waals surface area contributed by atoms with E-state index in [1.54, 1.807) is 0 Å². The van der Waals surface area contributed by atoms with Gasteiger partial charge in [0.1, 0.15) is 6.10 Å². The van der Waals surface area contributed by atoms with Gasteiger partial charge >= 0.3 is 0 Å². The van der Waals surface area contributed by atoms with Gasteiger partial charge in [0.25, 0.3) is 0 Å². The van der Waals surface area contributed by atoms with Gasteiger partial charge in [-0.1, -0.05) is 26.7 Å². The van der Waals surface area contributed by atoms with Gasteiger partial charge in [-0.3, -0.25) is 4.79 Å². The molecule has 1 aliphatic carbocycles. The Morgan fingerprint density at radius 1 is 1.40 bits per heavy atom. The Morgan fingerprint density at radius 2 is 2.15 bits per heavy atom. The molecule has 2 fully saturated rings. The third-order valence-corrected chi connectivity index (χ3v) is 4.34. The quantitative estimate of drug-likeness (QED) is 0.790. The van der Waals surface area contributed by atoms with E-state index in [4.69, 9.17) is 4.74 Å². The van der Waals surface area contributed by atoms with Crippen molar-refractivity contribution in [2.75, 3.05) is 19.6 Å². The molecule has 0 spiro atoms. The first-order chi connectivity index (χ1) is 9.19. The molecule has 1 saturated heterocycles. The molecule has 0 aromatic carbocycles. The SMILES string of the molecule is CCC(OC1CCCC(C)C1)C(=O)NCC1CNC1.Cl. The van der Waals surface area contributed by atoms with Gasteiger partial charge in [0, 0.05) is 25.6 Å². The number of carbonyl (C=O) groups is 1. The molecule has 0 bridgehead atoms. The fourth-order valence-corrected chi connectivity index (χ4v) is 2.93. The largest absolute Gasteiger partial charge is 0.365 e. The molecule has 0 radical (unpaired) electrons. The van der Waals surface area contributed by atoms with Crippen molar-refractivity contribution in [3.8, 4) is 0 Å². The molecule has 118 valence electrons. The van der Waals surface area contributed by atoms with Crippen LogP contribution in [0.25, 0.3) is 0 Å². The van der Waals surface area contributed by atoms with E-state index in [0.717, 1.165) is 44.8 Å². The van der Waals surface area contributed by atoms with E-state index in [-0.39, 0.29) is 30.5 Å². The summed E-state index contributed by atoms with van der Waals surface area (Å²) in [6.07, 6.45) is 5.54. The van der Waals surface area contributed by atoms with Crippen LogP contribution in [0.3, 0.4) is 0 Å². The average Bonchev–Trinajstić information content (AvgIpc) is 2.34. The smallest absolute Gasteiger partial charge is 0.249 e. The van der Waals surface area contributed by atoms with Crippen molar-refractivity contribution in [2.45, 2.75) is 58.2 Å². The van der Waals surface area contributed by atoms with Gasteiger partial charge in [0.2, 0.25) is 5.91 Å². The van der Waals surface area contributed by atoms with Crippen LogP contribution in [0, 0.1) is 11.8 Å². The molecule has 3 unspecified atom stereocenters. The predicted octanol–water partition coefficient (Wildman–Crippen LogP) is 2.12. The minimum atomic E-state index is -0.261. The Balaban J connectivity index is 0.00000200. The maximum Gasteiger partial charge on any atom is 0.249 e. The topological polar surface area (TPSA) is 50.4 Å². The maximum atomic E-state index is 12.1. The van der Waals surface area contributed by atoms with Gasteiger partial charge in [0.15, 0.2) is 0 Å². The number of hydrogen-bond acceptors (Lipinski definition) is 3. The summed E-state index contributed by atoms with van der Waals surface area (Å²) >= 11 is 0. The van der Waals surface area contributed by atoms with Gasteiger partial charge in [-0.15, -0.1) is 12.4 Å². The molecule has 0 aromatic rings. The Labute approximate surface area is 128 Å². The molecule has 2 rings (SSSR count). The molecule has 0 aromatic heterocycles. The van der Waals surface area contributed by atoms with Gasteiger partial charge in [0.05, 0.1) is 6.10 Å². The van der Waals surface area contributed by atoms with Crippen LogP contribution >= 0.6 is 12.4 Å². The summed E-state index contributed by atoms with van der Waals surface area (Å²) in [4.78, 5) is 12.1. The van der Waals surface area contributed by atoms with Crippen molar-refractivity contribution in [1.82, 2.24) is 10.6 Å². The number of hydrogen-bond donors (Lipinski definition) is 2. The van der Waals surface area contributed by atoms with E-state index < -0.39 is 0 Å². The number of carbonyl (C=O) groups excluding carboxylic acids is 1. The number of rotatable bonds is 6. The lowest BCUT2D eigenvalue weighted by Crippen LogP contribution is -2.50. The van der Waals surface area contributed by atoms with E-state index in [1.165, 1.54) is 12.8 Å². The second-order valence-electron chi connectivity index (χ2n) is 6.20. The first-order valence-electron chi connectivity index (χ1n) is 7.83. The van der Waals surface area contributed by atoms with Crippen LogP contribution in [0.5, 0.6) is 0 Å². The van der Waals surface area contributed by atoms with Gasteiger partial charge in [-0.2, -0.15) is 0 Å². The van der Waals surface area contributed by atoms with Crippen LogP contribution in [0.15, 0.2) is 0 Å². The van der Waals surface area contributed by atoms with Crippen LogP contribution in [0.2, 0.25) is 0 Å². The highest BCUT2D eigenvalue weighted by atomic mass is 35.5. The van der Waals surface area contributed by atoms with Crippen molar-refractivity contribution in [1.29, 1.82) is 0 Å². The van der Waals surface area contributed by atoms with E-state index in [0.29, 0.717) is 5.92 Å². The third-order valence-electron chi connectivity index (χ3n) is 4.34. The molecular formula is C15H29ClN2O2. The van der Waals surface area contributed by atoms with Crippen LogP contribution in [-0.4, -0.2) is 37.7 Å². The minimum Gasteiger partial charge on any atom is -0.365 e. The van der Waals surface area contributed by atoms with Crippen LogP contribution < -0.4 is 10.6 Å². The van der Waals surface area contributed by atoms with E-state index in [9.17, 15) is 4.79 Å². The Hall–Kier alpha value is -0.320. The van der Waals surface area contributed by atoms with Crippen molar-refractivity contribution in [2.24, 2.45) is 11.8 Å². The minimum absolute atomic E-state index is 0. The number of amides is 1. The van der Waals surface area contributed by atoms with Crippen LogP contribution in [0.4, 0.5) is 0 Å². The molecule has 1 aliphatic heterocycles. The summed E-state index contributed by atoms with van der Waals surface area (Å²) in [6.45, 7) is 7.14. The lowest BCUT2D eigenvalue weighted by atomic mass is 9.88. The van der Waals surface area contributed by atoms with Crippen molar-refractivity contribution >= 4 is 18.3 Å². The monoisotopic (exact) mass is 304 g/mol. The van der Waals surface area contributed by atoms with Gasteiger partial charge < -0.3 is 15.4 Å². The van der Waals surface area contributed by atoms with Gasteiger partial charge in [-0.05, 0) is 25.2 Å². The van der Waals surface area contributed by atoms with Gasteiger partial charge in [-0.25, -0.2) is 0 Å². The molecule has 1 heterocycles. The highest BCUT2D eigenvalue weighted by Gasteiger charge is 2.26. The zero-order chi connectivity index (χ0) is 13.7. The fraction of sp³-hybridized carbons (Fsp3) is 0.933. The summed E-state index contributed by atoms with van der Waals surface area (Å²) in [7, 11) is 0. The number of halogens is 1. The van der Waals surface area contributed by atoms with Crippen molar-refractivity contribution in [3.05, 3.63) is 0 Å². The predicted molar refractivity (Wildman–Crippen MR) is 83.2 cm³/mol. The zero-order valence-corrected chi connectivity index (χ0v) is 13.5. The molecule has 1 amide bonds. The first-order valence-corrected chi connectivity index (χ1v) is 7.83. The molecule has 4 nitrogen and oxygen atoms in total. The molecule has 20 heavy (non-hydrogen) atoms. The summed E-state index contributed by atoms with van der Waals surface area (Å²) in [5, 5.41) is 6.25. The third kappa shape index (κ3) is 5.23. The van der Waals surface area contributed by atoms with Crippen molar-refractivity contribution in [3.63, 3.8) is 0 Å². The number of ether oxygens (including phenoxy) is 1. The van der Waals surface area contributed by atoms with Crippen molar-refractivity contribution < 1.29 is 9.53 Å². The van der Waals surface area contributed by atoms with E-state index in [1.807, 2.05) is 6.92 Å². The molecule has 3 atom stereocenters. The zero-order valence-electron chi connectivity index (χ0n) is 12.7.